The van der Waals surface area contributed by atoms with Crippen LogP contribution in [0.4, 0.5) is 4.39 Å². The van der Waals surface area contributed by atoms with Gasteiger partial charge in [0.15, 0.2) is 6.86 Å². The molecule has 1 rings (SSSR count). The van der Waals surface area contributed by atoms with Crippen molar-refractivity contribution in [2.45, 2.75) is 0 Å². The molecule has 0 unspecified atom stereocenters. The first-order valence-electron chi connectivity index (χ1n) is 3.25. The van der Waals surface area contributed by atoms with Crippen LogP contribution >= 0.6 is 0 Å². The van der Waals surface area contributed by atoms with E-state index in [2.05, 4.69) is 4.65 Å². The Morgan fingerprint density at radius 2 is 2.00 bits per heavy atom. The Morgan fingerprint density at radius 3 is 2.55 bits per heavy atom. The van der Waals surface area contributed by atoms with Crippen molar-refractivity contribution >= 4 is 12.6 Å². The SMILES string of the molecule is OB(OCF)c1ccccc1. The summed E-state index contributed by atoms with van der Waals surface area (Å²) in [6, 6.07) is 8.65. The summed E-state index contributed by atoms with van der Waals surface area (Å²) in [5.74, 6) is 0. The zero-order chi connectivity index (χ0) is 8.10. The van der Waals surface area contributed by atoms with Gasteiger partial charge in [-0.1, -0.05) is 30.3 Å². The summed E-state index contributed by atoms with van der Waals surface area (Å²) < 4.78 is 15.9. The molecule has 0 spiro atoms. The minimum Gasteiger partial charge on any atom is -0.423 e. The molecule has 0 aromatic heterocycles. The molecule has 1 aromatic carbocycles. The van der Waals surface area contributed by atoms with Crippen LogP contribution in [0.15, 0.2) is 30.3 Å². The van der Waals surface area contributed by atoms with Crippen molar-refractivity contribution < 1.29 is 14.1 Å². The fourth-order valence-corrected chi connectivity index (χ4v) is 0.774. The van der Waals surface area contributed by atoms with Crippen molar-refractivity contribution in [3.05, 3.63) is 30.3 Å². The van der Waals surface area contributed by atoms with Crippen LogP contribution < -0.4 is 5.46 Å². The fraction of sp³-hybridized carbons (Fsp3) is 0.143. The van der Waals surface area contributed by atoms with Crippen molar-refractivity contribution in [3.8, 4) is 0 Å². The van der Waals surface area contributed by atoms with Crippen LogP contribution in [0.25, 0.3) is 0 Å². The number of hydrogen-bond acceptors (Lipinski definition) is 2. The maximum Gasteiger partial charge on any atom is 0.493 e. The lowest BCUT2D eigenvalue weighted by Crippen LogP contribution is -2.33. The largest absolute Gasteiger partial charge is 0.493 e. The second-order valence-electron chi connectivity index (χ2n) is 2.04. The van der Waals surface area contributed by atoms with Gasteiger partial charge in [-0.25, -0.2) is 4.39 Å². The number of halogens is 1. The lowest BCUT2D eigenvalue weighted by atomic mass is 9.80. The van der Waals surface area contributed by atoms with Crippen LogP contribution in [0.3, 0.4) is 0 Å². The molecule has 0 bridgehead atoms. The van der Waals surface area contributed by atoms with Crippen LogP contribution in [0.1, 0.15) is 0 Å². The molecule has 0 fully saturated rings. The summed E-state index contributed by atoms with van der Waals surface area (Å²) in [4.78, 5) is 0. The predicted octanol–water partition coefficient (Wildman–Crippen LogP) is 0.318. The van der Waals surface area contributed by atoms with Gasteiger partial charge in [0.1, 0.15) is 0 Å². The van der Waals surface area contributed by atoms with E-state index in [4.69, 9.17) is 5.02 Å². The summed E-state index contributed by atoms with van der Waals surface area (Å²) >= 11 is 0. The maximum absolute atomic E-state index is 11.5. The van der Waals surface area contributed by atoms with E-state index < -0.39 is 14.0 Å². The van der Waals surface area contributed by atoms with E-state index in [0.29, 0.717) is 5.46 Å². The van der Waals surface area contributed by atoms with Gasteiger partial charge in [-0.05, 0) is 5.46 Å². The highest BCUT2D eigenvalue weighted by Crippen LogP contribution is 1.87. The van der Waals surface area contributed by atoms with Gasteiger partial charge in [-0.15, -0.1) is 0 Å². The average Bonchev–Trinajstić information content (AvgIpc) is 2.07. The maximum atomic E-state index is 11.5. The summed E-state index contributed by atoms with van der Waals surface area (Å²) in [5, 5.41) is 9.06. The monoisotopic (exact) mass is 154 g/mol. The summed E-state index contributed by atoms with van der Waals surface area (Å²) in [6.45, 7) is -0.976. The van der Waals surface area contributed by atoms with Crippen molar-refractivity contribution in [2.24, 2.45) is 0 Å². The normalized spacial score (nSPS) is 9.64. The third kappa shape index (κ3) is 2.33. The highest BCUT2D eigenvalue weighted by Gasteiger charge is 2.14. The molecule has 0 aliphatic heterocycles. The van der Waals surface area contributed by atoms with E-state index in [1.807, 2.05) is 6.07 Å². The molecular weight excluding hydrogens is 146 g/mol. The molecule has 4 heteroatoms. The molecule has 0 aliphatic rings. The number of rotatable bonds is 3. The van der Waals surface area contributed by atoms with Gasteiger partial charge in [0, 0.05) is 0 Å². The standard InChI is InChI=1S/C7H8BFO2/c9-6-11-8(10)7-4-2-1-3-5-7/h1-5,10H,6H2. The van der Waals surface area contributed by atoms with Crippen LogP contribution in [0.5, 0.6) is 0 Å². The second-order valence-corrected chi connectivity index (χ2v) is 2.04. The molecule has 0 amide bonds. The first kappa shape index (κ1) is 8.23. The molecule has 0 heterocycles. The molecule has 11 heavy (non-hydrogen) atoms. The lowest BCUT2D eigenvalue weighted by molar-refractivity contribution is 0.166. The zero-order valence-corrected chi connectivity index (χ0v) is 5.90. The Bertz CT molecular complexity index is 205. The topological polar surface area (TPSA) is 29.5 Å². The van der Waals surface area contributed by atoms with E-state index in [1.54, 1.807) is 24.3 Å². The van der Waals surface area contributed by atoms with Crippen molar-refractivity contribution in [1.29, 1.82) is 0 Å². The van der Waals surface area contributed by atoms with Gasteiger partial charge in [-0.2, -0.15) is 0 Å². The summed E-state index contributed by atoms with van der Waals surface area (Å²) in [6.07, 6.45) is 0. The molecule has 0 saturated heterocycles. The highest BCUT2D eigenvalue weighted by molar-refractivity contribution is 6.59. The van der Waals surface area contributed by atoms with Crippen LogP contribution in [-0.4, -0.2) is 19.0 Å². The van der Waals surface area contributed by atoms with Gasteiger partial charge >= 0.3 is 7.12 Å². The lowest BCUT2D eigenvalue weighted by Gasteiger charge is -2.02. The first-order valence-corrected chi connectivity index (χ1v) is 3.25. The Hall–Kier alpha value is -0.865. The van der Waals surface area contributed by atoms with E-state index in [0.717, 1.165) is 0 Å². The zero-order valence-electron chi connectivity index (χ0n) is 5.90. The minimum absolute atomic E-state index is 0.560. The van der Waals surface area contributed by atoms with Gasteiger partial charge < -0.3 is 9.68 Å². The van der Waals surface area contributed by atoms with E-state index in [9.17, 15) is 4.39 Å². The Balaban J connectivity index is 2.61. The second kappa shape index (κ2) is 4.11. The third-order valence-corrected chi connectivity index (χ3v) is 1.31. The number of alkyl halides is 1. The number of benzene rings is 1. The fourth-order valence-electron chi connectivity index (χ4n) is 0.774. The van der Waals surface area contributed by atoms with Gasteiger partial charge in [-0.3, -0.25) is 0 Å². The molecule has 1 aromatic rings. The molecule has 0 saturated carbocycles. The van der Waals surface area contributed by atoms with Gasteiger partial charge in [0.05, 0.1) is 0 Å². The molecule has 58 valence electrons. The van der Waals surface area contributed by atoms with Crippen molar-refractivity contribution in [3.63, 3.8) is 0 Å². The summed E-state index contributed by atoms with van der Waals surface area (Å²) in [5.41, 5.74) is 0.560. The van der Waals surface area contributed by atoms with Gasteiger partial charge in [0.2, 0.25) is 0 Å². The molecule has 0 aliphatic carbocycles. The van der Waals surface area contributed by atoms with Crippen LogP contribution in [0.2, 0.25) is 0 Å². The van der Waals surface area contributed by atoms with Gasteiger partial charge in [0.25, 0.3) is 0 Å². The first-order chi connectivity index (χ1) is 5.34. The molecule has 0 radical (unpaired) electrons. The molecule has 2 nitrogen and oxygen atoms in total. The third-order valence-electron chi connectivity index (χ3n) is 1.31. The van der Waals surface area contributed by atoms with Crippen molar-refractivity contribution in [2.75, 3.05) is 6.86 Å². The summed E-state index contributed by atoms with van der Waals surface area (Å²) in [7, 11) is -1.15. The van der Waals surface area contributed by atoms with E-state index >= 15 is 0 Å². The predicted molar refractivity (Wildman–Crippen MR) is 41.1 cm³/mol. The molecule has 1 N–H and O–H groups in total. The quantitative estimate of drug-likeness (QED) is 0.635. The van der Waals surface area contributed by atoms with E-state index in [-0.39, 0.29) is 0 Å². The van der Waals surface area contributed by atoms with Crippen LogP contribution in [-0.2, 0) is 4.65 Å². The smallest absolute Gasteiger partial charge is 0.423 e. The molecular formula is C7H8BFO2. The van der Waals surface area contributed by atoms with Crippen molar-refractivity contribution in [1.82, 2.24) is 0 Å². The average molecular weight is 154 g/mol. The molecule has 0 atom stereocenters. The Kier molecular flexibility index (Phi) is 3.07. The van der Waals surface area contributed by atoms with Crippen LogP contribution in [0, 0.1) is 0 Å². The Labute approximate surface area is 64.8 Å². The highest BCUT2D eigenvalue weighted by atomic mass is 19.1. The minimum atomic E-state index is -1.15. The van der Waals surface area contributed by atoms with E-state index in [1.165, 1.54) is 0 Å². The number of hydrogen-bond donors (Lipinski definition) is 1. The Morgan fingerprint density at radius 1 is 1.36 bits per heavy atom.